The number of hydrogen-bond donors (Lipinski definition) is 0. The molecule has 1 heterocycles. The van der Waals surface area contributed by atoms with Crippen molar-refractivity contribution in [1.82, 2.24) is 4.48 Å². The van der Waals surface area contributed by atoms with E-state index >= 15 is 0 Å². The van der Waals surface area contributed by atoms with E-state index in [1.54, 1.807) is 13.1 Å². The molecule has 5 rings (SSSR count). The third-order valence-corrected chi connectivity index (χ3v) is 7.47. The zero-order valence-corrected chi connectivity index (χ0v) is 18.5. The lowest BCUT2D eigenvalue weighted by Gasteiger charge is -2.40. The molecule has 1 spiro atoms. The molecule has 1 saturated carbocycles. The van der Waals surface area contributed by atoms with E-state index in [2.05, 4.69) is 0 Å². The lowest BCUT2D eigenvalue weighted by atomic mass is 9.75. The maximum atomic E-state index is 13.9. The van der Waals surface area contributed by atoms with E-state index in [0.717, 1.165) is 35.0 Å². The van der Waals surface area contributed by atoms with Gasteiger partial charge in [0.05, 0.1) is 24.2 Å². The minimum Gasteiger partial charge on any atom is -0.268 e. The number of benzene rings is 3. The molecule has 1 saturated heterocycles. The van der Waals surface area contributed by atoms with Crippen molar-refractivity contribution in [3.8, 4) is 6.07 Å². The van der Waals surface area contributed by atoms with Gasteiger partial charge in [0.1, 0.15) is 5.69 Å². The maximum absolute atomic E-state index is 13.9. The summed E-state index contributed by atoms with van der Waals surface area (Å²) in [5, 5.41) is 11.4. The number of thiocarbonyl (C=S) groups is 1. The molecule has 0 aromatic heterocycles. The summed E-state index contributed by atoms with van der Waals surface area (Å²) in [6, 6.07) is 18.6. The number of carbonyl (C=O) groups is 1. The summed E-state index contributed by atoms with van der Waals surface area (Å²) in [6.45, 7) is 0. The highest BCUT2D eigenvalue weighted by molar-refractivity contribution is 7.80. The van der Waals surface area contributed by atoms with Crippen LogP contribution in [-0.4, -0.2) is 23.6 Å². The Morgan fingerprint density at radius 2 is 1.76 bits per heavy atom. The van der Waals surface area contributed by atoms with Crippen LogP contribution in [0.3, 0.4) is 0 Å². The number of anilines is 1. The average molecular weight is 467 g/mol. The molecule has 0 bridgehead atoms. The van der Waals surface area contributed by atoms with Gasteiger partial charge in [-0.1, -0.05) is 30.3 Å². The van der Waals surface area contributed by atoms with Crippen LogP contribution < -0.4 is 9.38 Å². The van der Waals surface area contributed by atoms with Gasteiger partial charge in [-0.15, -0.1) is 0 Å². The molecule has 2 fully saturated rings. The zero-order chi connectivity index (χ0) is 23.6. The molecular formula is C25H19F3N3OS+. The summed E-state index contributed by atoms with van der Waals surface area (Å²) in [5.41, 5.74) is -1.59. The molecule has 3 aromatic carbocycles. The molecule has 2 aliphatic rings. The van der Waals surface area contributed by atoms with E-state index in [-0.39, 0.29) is 16.7 Å². The topological polar surface area (TPSA) is 44.1 Å². The number of rotatable bonds is 2. The lowest BCUT2D eigenvalue weighted by Crippen LogP contribution is -2.57. The average Bonchev–Trinajstić information content (AvgIpc) is 2.96. The molecule has 1 amide bonds. The molecule has 1 atom stereocenters. The predicted molar refractivity (Wildman–Crippen MR) is 124 cm³/mol. The number of nitrogens with zero attached hydrogens (tertiary/aromatic N) is 3. The number of amides is 1. The van der Waals surface area contributed by atoms with Crippen molar-refractivity contribution < 1.29 is 18.0 Å². The molecule has 4 nitrogen and oxygen atoms in total. The Balaban J connectivity index is 1.68. The summed E-state index contributed by atoms with van der Waals surface area (Å²) >= 11 is 5.82. The van der Waals surface area contributed by atoms with Crippen LogP contribution in [0.15, 0.2) is 60.7 Å². The first kappa shape index (κ1) is 21.6. The van der Waals surface area contributed by atoms with Crippen LogP contribution in [0.5, 0.6) is 0 Å². The van der Waals surface area contributed by atoms with Crippen LogP contribution in [-0.2, 0) is 11.0 Å². The summed E-state index contributed by atoms with van der Waals surface area (Å²) in [5.74, 6) is -0.246. The summed E-state index contributed by atoms with van der Waals surface area (Å²) in [6.07, 6.45) is -2.74. The van der Waals surface area contributed by atoms with Crippen LogP contribution in [0, 0.1) is 11.3 Å². The van der Waals surface area contributed by atoms with Gasteiger partial charge in [-0.2, -0.15) is 22.9 Å². The molecular weight excluding hydrogens is 447 g/mol. The Kier molecular flexibility index (Phi) is 4.64. The van der Waals surface area contributed by atoms with Gasteiger partial charge in [-0.05, 0) is 48.2 Å². The number of carbonyl (C=O) groups excluding carboxylic acids is 1. The smallest absolute Gasteiger partial charge is 0.268 e. The molecule has 0 N–H and O–H groups in total. The minimum absolute atomic E-state index is 0.103. The van der Waals surface area contributed by atoms with Crippen molar-refractivity contribution in [2.45, 2.75) is 31.0 Å². The number of halogens is 3. The number of alkyl halides is 3. The monoisotopic (exact) mass is 466 g/mol. The van der Waals surface area contributed by atoms with E-state index < -0.39 is 27.3 Å². The van der Waals surface area contributed by atoms with Crippen molar-refractivity contribution in [2.24, 2.45) is 0 Å². The third kappa shape index (κ3) is 2.93. The first-order chi connectivity index (χ1) is 15.6. The number of likely N-dealkylation sites (N-methyl/N-ethyl adjacent to an activating group) is 1. The van der Waals surface area contributed by atoms with Crippen LogP contribution in [0.1, 0.15) is 30.4 Å². The first-order valence-corrected chi connectivity index (χ1v) is 10.9. The molecule has 0 radical (unpaired) electrons. The largest absolute Gasteiger partial charge is 0.417 e. The normalized spacial score (nSPS) is 22.0. The molecule has 166 valence electrons. The van der Waals surface area contributed by atoms with Gasteiger partial charge < -0.3 is 0 Å². The number of hydrogen-bond acceptors (Lipinski definition) is 3. The van der Waals surface area contributed by atoms with Gasteiger partial charge in [0, 0.05) is 30.0 Å². The summed E-state index contributed by atoms with van der Waals surface area (Å²) in [7, 11) is 1.55. The van der Waals surface area contributed by atoms with E-state index in [1.165, 1.54) is 6.07 Å². The number of nitriles is 1. The first-order valence-electron chi connectivity index (χ1n) is 10.5. The second-order valence-electron chi connectivity index (χ2n) is 8.69. The molecule has 1 aliphatic heterocycles. The number of fused-ring (bicyclic) bond motifs is 1. The van der Waals surface area contributed by atoms with Gasteiger partial charge >= 0.3 is 12.1 Å². The Morgan fingerprint density at radius 3 is 2.36 bits per heavy atom. The van der Waals surface area contributed by atoms with Crippen LogP contribution in [0.4, 0.5) is 24.5 Å². The van der Waals surface area contributed by atoms with Crippen molar-refractivity contribution in [2.75, 3.05) is 11.9 Å². The second kappa shape index (κ2) is 7.11. The van der Waals surface area contributed by atoms with E-state index in [0.29, 0.717) is 12.8 Å². The molecule has 1 unspecified atom stereocenters. The fourth-order valence-electron chi connectivity index (χ4n) is 4.97. The van der Waals surface area contributed by atoms with E-state index in [9.17, 15) is 18.0 Å². The zero-order valence-electron chi connectivity index (χ0n) is 17.7. The molecule has 3 aromatic rings. The Labute approximate surface area is 194 Å². The standard InChI is InChI=1S/C25H19F3N3OS/c1-31(20-10-8-18(15-29)21(14-20)25(26,27)28)22(32)24(11-4-12-24)30(23(31)33)19-9-7-16-5-2-3-6-17(16)13-19/h2-3,5-10,13-14H,4,11-12H2,1H3/q+1. The molecule has 1 aliphatic carbocycles. The van der Waals surface area contributed by atoms with Gasteiger partial charge in [-0.25, -0.2) is 4.79 Å². The van der Waals surface area contributed by atoms with Crippen LogP contribution in [0.2, 0.25) is 0 Å². The van der Waals surface area contributed by atoms with Crippen molar-refractivity contribution in [3.05, 3.63) is 71.8 Å². The van der Waals surface area contributed by atoms with Crippen LogP contribution >= 0.6 is 12.2 Å². The maximum Gasteiger partial charge on any atom is 0.417 e. The SMILES string of the molecule is C[N+]1(c2ccc(C#N)c(C(F)(F)F)c2)C(=O)C2(CCC2)N(c2ccc3ccccc3c2)C1=S. The second-order valence-corrected chi connectivity index (χ2v) is 9.05. The van der Waals surface area contributed by atoms with E-state index in [1.807, 2.05) is 47.4 Å². The number of quaternary nitrogens is 1. The fraction of sp³-hybridized carbons (Fsp3) is 0.240. The van der Waals surface area contributed by atoms with Gasteiger partial charge in [0.2, 0.25) is 0 Å². The Morgan fingerprint density at radius 1 is 1.06 bits per heavy atom. The Bertz CT molecular complexity index is 1370. The molecule has 8 heteroatoms. The highest BCUT2D eigenvalue weighted by Gasteiger charge is 2.69. The highest BCUT2D eigenvalue weighted by Crippen LogP contribution is 2.51. The van der Waals surface area contributed by atoms with Crippen molar-refractivity contribution in [3.63, 3.8) is 0 Å². The summed E-state index contributed by atoms with van der Waals surface area (Å²) < 4.78 is 40.4. The van der Waals surface area contributed by atoms with E-state index in [4.69, 9.17) is 17.5 Å². The minimum atomic E-state index is -4.73. The van der Waals surface area contributed by atoms with Gasteiger partial charge in [0.25, 0.3) is 5.11 Å². The van der Waals surface area contributed by atoms with Gasteiger partial charge in [0.15, 0.2) is 5.54 Å². The lowest BCUT2D eigenvalue weighted by molar-refractivity contribution is -0.138. The quantitative estimate of drug-likeness (QED) is 0.347. The fourth-order valence-corrected chi connectivity index (χ4v) is 5.44. The van der Waals surface area contributed by atoms with Crippen LogP contribution in [0.25, 0.3) is 10.8 Å². The Hall–Kier alpha value is -3.28. The van der Waals surface area contributed by atoms with Crippen molar-refractivity contribution >= 4 is 45.4 Å². The summed E-state index contributed by atoms with van der Waals surface area (Å²) in [4.78, 5) is 15.7. The highest BCUT2D eigenvalue weighted by atomic mass is 32.1. The predicted octanol–water partition coefficient (Wildman–Crippen LogP) is 5.92. The third-order valence-electron chi connectivity index (χ3n) is 6.92. The van der Waals surface area contributed by atoms with Gasteiger partial charge in [-0.3, -0.25) is 4.90 Å². The van der Waals surface area contributed by atoms with Crippen molar-refractivity contribution in [1.29, 1.82) is 5.26 Å². The molecule has 33 heavy (non-hydrogen) atoms.